The molecule has 3 aromatic carbocycles. The Morgan fingerprint density at radius 1 is 0.958 bits per heavy atom. The molecule has 0 atom stereocenters. The molecule has 0 saturated carbocycles. The van der Waals surface area contributed by atoms with Gasteiger partial charge in [-0.25, -0.2) is 10.2 Å². The van der Waals surface area contributed by atoms with Crippen molar-refractivity contribution in [2.45, 2.75) is 4.90 Å². The summed E-state index contributed by atoms with van der Waals surface area (Å²) in [7, 11) is 0. The first kappa shape index (κ1) is 15.8. The van der Waals surface area contributed by atoms with Crippen molar-refractivity contribution in [3.8, 4) is 0 Å². The second-order valence-corrected chi connectivity index (χ2v) is 5.62. The standard InChI is InChI=1S/C16H12N4O3S/c21-15-12-9-5-4-8-11(12)13(14(15)19-23)17-18-16(22)20-24-10-6-2-1-3-7-10/h1-9,23H,(H2,18,20,22)/b17-13+,19-14+. The second kappa shape index (κ2) is 6.97. The molecular formula is C16H12N4O3S. The minimum atomic E-state index is -0.564. The summed E-state index contributed by atoms with van der Waals surface area (Å²) in [6, 6.07) is 15.4. The number of fused-ring (bicyclic) bond motifs is 1. The number of carbonyl (C=O) groups is 1. The minimum Gasteiger partial charge on any atom is -0.410 e. The number of hydrogen-bond donors (Lipinski definition) is 3. The van der Waals surface area contributed by atoms with E-state index in [4.69, 9.17) is 5.21 Å². The van der Waals surface area contributed by atoms with Crippen molar-refractivity contribution in [2.24, 2.45) is 10.3 Å². The van der Waals surface area contributed by atoms with Crippen molar-refractivity contribution >= 4 is 28.8 Å². The molecule has 3 N–H and O–H groups in total. The molecule has 0 fully saturated rings. The normalized spacial score (nSPS) is 12.5. The smallest absolute Gasteiger partial charge is 0.345 e. The minimum absolute atomic E-state index is 0.123. The lowest BCUT2D eigenvalue weighted by Crippen LogP contribution is -2.36. The van der Waals surface area contributed by atoms with Crippen LogP contribution in [0.15, 0.2) is 74.5 Å². The average molecular weight is 340 g/mol. The van der Waals surface area contributed by atoms with Crippen LogP contribution in [0.3, 0.4) is 0 Å². The second-order valence-electron chi connectivity index (χ2n) is 4.74. The quantitative estimate of drug-likeness (QED) is 0.378. The lowest BCUT2D eigenvalue weighted by atomic mass is 10.2. The molecule has 0 saturated heterocycles. The maximum Gasteiger partial charge on any atom is 0.345 e. The van der Waals surface area contributed by atoms with Crippen molar-refractivity contribution in [3.05, 3.63) is 75.5 Å². The van der Waals surface area contributed by atoms with Gasteiger partial charge in [0.25, 0.3) is 0 Å². The highest BCUT2D eigenvalue weighted by Crippen LogP contribution is 2.12. The van der Waals surface area contributed by atoms with Crippen LogP contribution >= 0.6 is 11.9 Å². The summed E-state index contributed by atoms with van der Waals surface area (Å²) in [4.78, 5) is 24.8. The van der Waals surface area contributed by atoms with E-state index in [0.717, 1.165) is 16.8 Å². The van der Waals surface area contributed by atoms with Crippen molar-refractivity contribution in [3.63, 3.8) is 0 Å². The Bertz CT molecular complexity index is 1040. The topological polar surface area (TPSA) is 103 Å². The molecule has 0 spiro atoms. The van der Waals surface area contributed by atoms with E-state index in [1.54, 1.807) is 24.3 Å². The third-order valence-corrected chi connectivity index (χ3v) is 4.04. The van der Waals surface area contributed by atoms with Crippen LogP contribution in [0.4, 0.5) is 4.79 Å². The van der Waals surface area contributed by atoms with Crippen LogP contribution in [0.25, 0.3) is 10.8 Å². The summed E-state index contributed by atoms with van der Waals surface area (Å²) >= 11 is 1.13. The predicted octanol–water partition coefficient (Wildman–Crippen LogP) is 1.19. The summed E-state index contributed by atoms with van der Waals surface area (Å²) in [5, 5.41) is 16.8. The third kappa shape index (κ3) is 3.13. The maximum atomic E-state index is 12.1. The molecule has 7 nitrogen and oxygen atoms in total. The summed E-state index contributed by atoms with van der Waals surface area (Å²) in [6.45, 7) is 0. The number of nitrogens with zero attached hydrogens (tertiary/aromatic N) is 2. The molecule has 0 aliphatic heterocycles. The van der Waals surface area contributed by atoms with Gasteiger partial charge in [0, 0.05) is 15.7 Å². The summed E-state index contributed by atoms with van der Waals surface area (Å²) in [6.07, 6.45) is 0. The largest absolute Gasteiger partial charge is 0.410 e. The van der Waals surface area contributed by atoms with Crippen molar-refractivity contribution in [2.75, 3.05) is 0 Å². The number of benzene rings is 2. The Kier molecular flexibility index (Phi) is 4.57. The van der Waals surface area contributed by atoms with E-state index in [0.29, 0.717) is 10.8 Å². The van der Waals surface area contributed by atoms with E-state index in [2.05, 4.69) is 20.4 Å². The molecule has 2 amide bonds. The van der Waals surface area contributed by atoms with Gasteiger partial charge in [0.2, 0.25) is 5.43 Å². The molecule has 24 heavy (non-hydrogen) atoms. The van der Waals surface area contributed by atoms with Crippen LogP contribution in [0.1, 0.15) is 0 Å². The molecule has 0 radical (unpaired) electrons. The van der Waals surface area contributed by atoms with E-state index >= 15 is 0 Å². The molecule has 3 aromatic rings. The molecule has 0 heterocycles. The predicted molar refractivity (Wildman–Crippen MR) is 89.5 cm³/mol. The van der Waals surface area contributed by atoms with Gasteiger partial charge in [-0.15, -0.1) is 0 Å². The number of nitrogens with one attached hydrogen (secondary N) is 2. The number of urea groups is 1. The van der Waals surface area contributed by atoms with Gasteiger partial charge in [-0.3, -0.25) is 9.52 Å². The highest BCUT2D eigenvalue weighted by Gasteiger charge is 2.09. The van der Waals surface area contributed by atoms with E-state index in [1.165, 1.54) is 0 Å². The Morgan fingerprint density at radius 2 is 1.62 bits per heavy atom. The molecule has 8 heteroatoms. The summed E-state index contributed by atoms with van der Waals surface area (Å²) < 4.78 is 2.56. The van der Waals surface area contributed by atoms with Gasteiger partial charge in [-0.05, 0) is 24.1 Å². The molecule has 0 aromatic heterocycles. The molecule has 3 rings (SSSR count). The molecule has 120 valence electrons. The Labute approximate surface area is 140 Å². The fraction of sp³-hybridized carbons (Fsp3) is 0. The van der Waals surface area contributed by atoms with Crippen LogP contribution in [0.2, 0.25) is 0 Å². The van der Waals surface area contributed by atoms with Crippen LogP contribution in [0.5, 0.6) is 0 Å². The van der Waals surface area contributed by atoms with E-state index < -0.39 is 11.5 Å². The molecular weight excluding hydrogens is 328 g/mol. The molecule has 0 aliphatic rings. The monoisotopic (exact) mass is 340 g/mol. The van der Waals surface area contributed by atoms with Crippen LogP contribution in [0, 0.1) is 0 Å². The molecule has 0 bridgehead atoms. The van der Waals surface area contributed by atoms with Crippen molar-refractivity contribution in [1.82, 2.24) is 10.1 Å². The Morgan fingerprint density at radius 3 is 2.33 bits per heavy atom. The van der Waals surface area contributed by atoms with E-state index in [9.17, 15) is 9.59 Å². The number of carbonyl (C=O) groups excluding carboxylic acids is 1. The van der Waals surface area contributed by atoms with Gasteiger partial charge in [0.15, 0.2) is 5.36 Å². The number of hydrogen-bond acceptors (Lipinski definition) is 6. The van der Waals surface area contributed by atoms with E-state index in [1.807, 2.05) is 30.3 Å². The third-order valence-electron chi connectivity index (χ3n) is 3.24. The van der Waals surface area contributed by atoms with Crippen LogP contribution < -0.4 is 26.3 Å². The van der Waals surface area contributed by atoms with Gasteiger partial charge in [0.05, 0.1) is 0 Å². The zero-order chi connectivity index (χ0) is 16.9. The number of amides is 2. The van der Waals surface area contributed by atoms with Crippen molar-refractivity contribution in [1.29, 1.82) is 0 Å². The lowest BCUT2D eigenvalue weighted by molar-refractivity contribution is 0.246. The van der Waals surface area contributed by atoms with Gasteiger partial charge in [-0.1, -0.05) is 47.6 Å². The fourth-order valence-corrected chi connectivity index (χ4v) is 2.73. The SMILES string of the molecule is O=C(N/N=c1/c(=N\O)c(=O)c2ccccc12)NSc1ccccc1. The van der Waals surface area contributed by atoms with Crippen LogP contribution in [-0.4, -0.2) is 11.2 Å². The Balaban J connectivity index is 1.83. The maximum absolute atomic E-state index is 12.1. The fourth-order valence-electron chi connectivity index (χ4n) is 2.18. The first-order valence-electron chi connectivity index (χ1n) is 6.93. The molecule has 0 aliphatic carbocycles. The highest BCUT2D eigenvalue weighted by molar-refractivity contribution is 7.98. The average Bonchev–Trinajstić information content (AvgIpc) is 2.91. The molecule has 0 unspecified atom stereocenters. The first-order chi connectivity index (χ1) is 11.7. The zero-order valence-electron chi connectivity index (χ0n) is 12.3. The van der Waals surface area contributed by atoms with Crippen LogP contribution in [-0.2, 0) is 0 Å². The van der Waals surface area contributed by atoms with Gasteiger partial charge in [-0.2, -0.15) is 5.10 Å². The lowest BCUT2D eigenvalue weighted by Gasteiger charge is -2.02. The summed E-state index contributed by atoms with van der Waals surface area (Å²) in [5.41, 5.74) is 1.86. The Hall–Kier alpha value is -3.13. The van der Waals surface area contributed by atoms with E-state index in [-0.39, 0.29) is 10.7 Å². The summed E-state index contributed by atoms with van der Waals surface area (Å²) in [5.74, 6) is 0. The first-order valence-corrected chi connectivity index (χ1v) is 7.74. The number of rotatable bonds is 3. The van der Waals surface area contributed by atoms with Crippen molar-refractivity contribution < 1.29 is 10.0 Å². The van der Waals surface area contributed by atoms with Gasteiger partial charge in [0.1, 0.15) is 5.36 Å². The highest BCUT2D eigenvalue weighted by atomic mass is 32.2. The zero-order valence-corrected chi connectivity index (χ0v) is 13.1. The van der Waals surface area contributed by atoms with Gasteiger partial charge < -0.3 is 5.21 Å². The van der Waals surface area contributed by atoms with Gasteiger partial charge >= 0.3 is 6.03 Å².